The SMILES string of the molecule is CCCCCC/C=C\C/C=C\CCCCCCCCCCOCC(COC1OC(CO)C(O)C(OS(=O)(=O)O)C1O)OC(=O)CCCCCCCCCCCCCCC. The average molecular weight is 863 g/mol. The minimum absolute atomic E-state index is 0.0357. The molecule has 1 rings (SSSR count). The molecule has 0 saturated carbocycles. The van der Waals surface area contributed by atoms with E-state index in [1.165, 1.54) is 122 Å². The smallest absolute Gasteiger partial charge is 0.397 e. The van der Waals surface area contributed by atoms with Gasteiger partial charge in [0.1, 0.15) is 30.5 Å². The Labute approximate surface area is 359 Å². The molecule has 59 heavy (non-hydrogen) atoms. The average Bonchev–Trinajstić information content (AvgIpc) is 3.20. The molecule has 1 aliphatic rings. The molecule has 1 heterocycles. The molecule has 12 nitrogen and oxygen atoms in total. The Kier molecular flexibility index (Phi) is 36.1. The first-order valence-corrected chi connectivity index (χ1v) is 25.0. The van der Waals surface area contributed by atoms with Crippen molar-refractivity contribution in [3.63, 3.8) is 0 Å². The summed E-state index contributed by atoms with van der Waals surface area (Å²) < 4.78 is 59.1. The highest BCUT2D eigenvalue weighted by Gasteiger charge is 2.48. The van der Waals surface area contributed by atoms with Crippen LogP contribution in [-0.2, 0) is 38.3 Å². The van der Waals surface area contributed by atoms with Crippen LogP contribution >= 0.6 is 0 Å². The second-order valence-electron chi connectivity index (χ2n) is 16.4. The number of aliphatic hydroxyl groups excluding tert-OH is 3. The monoisotopic (exact) mass is 863 g/mol. The molecule has 0 radical (unpaired) electrons. The van der Waals surface area contributed by atoms with E-state index in [1.807, 2.05) is 0 Å². The summed E-state index contributed by atoms with van der Waals surface area (Å²) in [5.41, 5.74) is 0. The lowest BCUT2D eigenvalue weighted by molar-refractivity contribution is -0.301. The van der Waals surface area contributed by atoms with Crippen LogP contribution < -0.4 is 0 Å². The molecule has 0 bridgehead atoms. The second kappa shape index (κ2) is 38.3. The summed E-state index contributed by atoms with van der Waals surface area (Å²) in [7, 11) is -5.06. The Morgan fingerprint density at radius 2 is 1.12 bits per heavy atom. The van der Waals surface area contributed by atoms with Gasteiger partial charge in [0.2, 0.25) is 0 Å². The van der Waals surface area contributed by atoms with E-state index in [0.717, 1.165) is 51.4 Å². The van der Waals surface area contributed by atoms with E-state index in [2.05, 4.69) is 42.3 Å². The number of rotatable bonds is 41. The van der Waals surface area contributed by atoms with Crippen molar-refractivity contribution in [3.8, 4) is 0 Å². The maximum atomic E-state index is 12.8. The van der Waals surface area contributed by atoms with Gasteiger partial charge in [0, 0.05) is 13.0 Å². The van der Waals surface area contributed by atoms with E-state index in [1.54, 1.807) is 0 Å². The Hall–Kier alpha value is -1.42. The summed E-state index contributed by atoms with van der Waals surface area (Å²) in [6, 6.07) is 0. The summed E-state index contributed by atoms with van der Waals surface area (Å²) in [5.74, 6) is -0.400. The lowest BCUT2D eigenvalue weighted by atomic mass is 9.99. The van der Waals surface area contributed by atoms with Crippen molar-refractivity contribution in [1.82, 2.24) is 0 Å². The highest BCUT2D eigenvalue weighted by molar-refractivity contribution is 7.80. The Morgan fingerprint density at radius 3 is 1.63 bits per heavy atom. The molecule has 0 aromatic heterocycles. The van der Waals surface area contributed by atoms with Gasteiger partial charge in [-0.05, 0) is 44.9 Å². The Morgan fingerprint density at radius 1 is 0.644 bits per heavy atom. The molecule has 0 amide bonds. The predicted molar refractivity (Wildman–Crippen MR) is 234 cm³/mol. The molecule has 1 aliphatic heterocycles. The van der Waals surface area contributed by atoms with E-state index in [4.69, 9.17) is 23.5 Å². The van der Waals surface area contributed by atoms with Crippen LogP contribution in [-0.4, -0.2) is 97.5 Å². The first-order valence-electron chi connectivity index (χ1n) is 23.6. The van der Waals surface area contributed by atoms with Crippen LogP contribution in [0.25, 0.3) is 0 Å². The molecule has 0 spiro atoms. The minimum Gasteiger partial charge on any atom is -0.457 e. The van der Waals surface area contributed by atoms with Crippen LogP contribution in [0.3, 0.4) is 0 Å². The van der Waals surface area contributed by atoms with Crippen molar-refractivity contribution in [2.45, 2.75) is 237 Å². The number of ether oxygens (including phenoxy) is 4. The van der Waals surface area contributed by atoms with E-state index < -0.39 is 59.8 Å². The number of esters is 1. The summed E-state index contributed by atoms with van der Waals surface area (Å²) in [6.45, 7) is 3.97. The molecule has 6 atom stereocenters. The lowest BCUT2D eigenvalue weighted by Gasteiger charge is -2.41. The van der Waals surface area contributed by atoms with E-state index in [9.17, 15) is 28.5 Å². The molecule has 1 saturated heterocycles. The summed E-state index contributed by atoms with van der Waals surface area (Å²) >= 11 is 0. The summed E-state index contributed by atoms with van der Waals surface area (Å²) in [5, 5.41) is 30.7. The molecule has 0 aliphatic carbocycles. The third-order valence-corrected chi connectivity index (χ3v) is 11.3. The van der Waals surface area contributed by atoms with Gasteiger partial charge in [-0.2, -0.15) is 8.42 Å². The quantitative estimate of drug-likeness (QED) is 0.0198. The van der Waals surface area contributed by atoms with Gasteiger partial charge in [0.05, 0.1) is 19.8 Å². The number of hydrogen-bond acceptors (Lipinski definition) is 11. The molecule has 0 aromatic rings. The van der Waals surface area contributed by atoms with Crippen molar-refractivity contribution in [3.05, 3.63) is 24.3 Å². The van der Waals surface area contributed by atoms with Gasteiger partial charge in [-0.25, -0.2) is 4.18 Å². The number of carbonyl (C=O) groups excluding carboxylic acids is 1. The minimum atomic E-state index is -5.06. The number of unbranched alkanes of at least 4 members (excludes halogenated alkanes) is 24. The third-order valence-electron chi connectivity index (χ3n) is 10.8. The van der Waals surface area contributed by atoms with Gasteiger partial charge in [0.25, 0.3) is 0 Å². The van der Waals surface area contributed by atoms with Crippen molar-refractivity contribution >= 4 is 16.4 Å². The molecular weight excluding hydrogens is 777 g/mol. The largest absolute Gasteiger partial charge is 0.457 e. The maximum absolute atomic E-state index is 12.8. The van der Waals surface area contributed by atoms with Crippen LogP contribution in [0.5, 0.6) is 0 Å². The van der Waals surface area contributed by atoms with Crippen LogP contribution in [0.4, 0.5) is 0 Å². The second-order valence-corrected chi connectivity index (χ2v) is 17.4. The summed E-state index contributed by atoms with van der Waals surface area (Å²) in [6.07, 6.45) is 33.5. The maximum Gasteiger partial charge on any atom is 0.397 e. The van der Waals surface area contributed by atoms with Gasteiger partial charge in [-0.3, -0.25) is 9.35 Å². The predicted octanol–water partition coefficient (Wildman–Crippen LogP) is 10.0. The van der Waals surface area contributed by atoms with E-state index in [-0.39, 0.29) is 19.6 Å². The fraction of sp³-hybridized carbons (Fsp3) is 0.891. The van der Waals surface area contributed by atoms with Gasteiger partial charge < -0.3 is 34.3 Å². The fourth-order valence-corrected chi connectivity index (χ4v) is 7.74. The van der Waals surface area contributed by atoms with Gasteiger partial charge in [-0.15, -0.1) is 0 Å². The molecule has 1 fully saturated rings. The summed E-state index contributed by atoms with van der Waals surface area (Å²) in [4.78, 5) is 12.8. The molecule has 13 heteroatoms. The number of aliphatic hydroxyl groups is 3. The van der Waals surface area contributed by atoms with Crippen LogP contribution in [0.15, 0.2) is 24.3 Å². The Balaban J connectivity index is 2.39. The zero-order valence-corrected chi connectivity index (χ0v) is 37.9. The zero-order valence-electron chi connectivity index (χ0n) is 37.1. The number of hydrogen-bond donors (Lipinski definition) is 4. The van der Waals surface area contributed by atoms with Crippen molar-refractivity contribution < 1.29 is 56.2 Å². The van der Waals surface area contributed by atoms with E-state index in [0.29, 0.717) is 13.0 Å². The molecule has 4 N–H and O–H groups in total. The molecule has 6 unspecified atom stereocenters. The molecule has 348 valence electrons. The topological polar surface area (TPSA) is 178 Å². The molecule has 0 aromatic carbocycles. The van der Waals surface area contributed by atoms with Gasteiger partial charge >= 0.3 is 16.4 Å². The van der Waals surface area contributed by atoms with Crippen molar-refractivity contribution in [2.75, 3.05) is 26.4 Å². The normalized spacial score (nSPS) is 20.5. The highest BCUT2D eigenvalue weighted by atomic mass is 32.3. The molecular formula is C46H86O12S. The lowest BCUT2D eigenvalue weighted by Crippen LogP contribution is -2.60. The zero-order chi connectivity index (χ0) is 43.2. The van der Waals surface area contributed by atoms with Crippen LogP contribution in [0, 0.1) is 0 Å². The van der Waals surface area contributed by atoms with Crippen LogP contribution in [0.2, 0.25) is 0 Å². The first-order chi connectivity index (χ1) is 28.6. The van der Waals surface area contributed by atoms with Crippen LogP contribution in [0.1, 0.15) is 200 Å². The fourth-order valence-electron chi connectivity index (χ4n) is 7.23. The Bertz CT molecular complexity index is 1130. The van der Waals surface area contributed by atoms with Gasteiger partial charge in [0.15, 0.2) is 6.29 Å². The van der Waals surface area contributed by atoms with Gasteiger partial charge in [-0.1, -0.05) is 173 Å². The van der Waals surface area contributed by atoms with E-state index >= 15 is 0 Å². The highest BCUT2D eigenvalue weighted by Crippen LogP contribution is 2.26. The number of carbonyl (C=O) groups is 1. The number of allylic oxidation sites excluding steroid dienone is 4. The standard InChI is InChI=1S/C46H86O12S/c1-3-5-7-9-11-13-15-17-18-19-20-21-22-24-26-28-30-32-34-36-54-38-40(39-55-46-44(50)45(58-59(51,52)53)43(49)41(37-47)57-46)56-42(48)35-33-31-29-27-25-23-16-14-12-10-8-6-4-2/h13,15,18-19,40-41,43-47,49-50H,3-12,14,16-17,20-39H2,1-2H3,(H,51,52,53)/b15-13-,19-18-. The van der Waals surface area contributed by atoms with Crippen molar-refractivity contribution in [2.24, 2.45) is 0 Å². The third kappa shape index (κ3) is 32.0. The van der Waals surface area contributed by atoms with Crippen molar-refractivity contribution in [1.29, 1.82) is 0 Å². The first kappa shape index (κ1) is 55.6.